The Kier molecular flexibility index (Phi) is 6.90. The van der Waals surface area contributed by atoms with Crippen LogP contribution in [0.3, 0.4) is 0 Å². The third-order valence-corrected chi connectivity index (χ3v) is 3.60. The van der Waals surface area contributed by atoms with Gasteiger partial charge < -0.3 is 9.64 Å². The van der Waals surface area contributed by atoms with Crippen LogP contribution in [-0.2, 0) is 22.5 Å². The molecule has 1 rings (SSSR count). The Balaban J connectivity index is 2.26. The Morgan fingerprint density at radius 1 is 1.56 bits per heavy atom. The molecule has 0 atom stereocenters. The van der Waals surface area contributed by atoms with E-state index in [2.05, 4.69) is 34.0 Å². The van der Waals surface area contributed by atoms with Crippen molar-refractivity contribution in [1.82, 2.24) is 9.88 Å². The van der Waals surface area contributed by atoms with Crippen LogP contribution in [0.4, 0.5) is 0 Å². The molecule has 0 aliphatic rings. The van der Waals surface area contributed by atoms with Crippen LogP contribution in [0.2, 0.25) is 0 Å². The van der Waals surface area contributed by atoms with Crippen molar-refractivity contribution >= 4 is 17.3 Å². The molecule has 1 heterocycles. The van der Waals surface area contributed by atoms with Gasteiger partial charge in [0.25, 0.3) is 0 Å². The zero-order valence-corrected chi connectivity index (χ0v) is 12.3. The van der Waals surface area contributed by atoms with Gasteiger partial charge >= 0.3 is 5.97 Å². The minimum atomic E-state index is -0.137. The molecular formula is C13H22N2O2S. The summed E-state index contributed by atoms with van der Waals surface area (Å²) in [6.07, 6.45) is 3.52. The summed E-state index contributed by atoms with van der Waals surface area (Å²) in [6, 6.07) is 0. The number of methoxy groups -OCH3 is 1. The summed E-state index contributed by atoms with van der Waals surface area (Å²) in [7, 11) is 3.48. The smallest absolute Gasteiger partial charge is 0.305 e. The van der Waals surface area contributed by atoms with Crippen molar-refractivity contribution in [3.05, 3.63) is 16.1 Å². The van der Waals surface area contributed by atoms with Crippen LogP contribution in [0.1, 0.15) is 36.9 Å². The standard InChI is InChI=1S/C13H22N2O2S/c1-4-6-12-14-11(10-18-12)9-15(2)8-5-7-13(16)17-3/h10H,4-9H2,1-3H3. The molecule has 0 radical (unpaired) electrons. The molecule has 0 amide bonds. The fourth-order valence-corrected chi connectivity index (χ4v) is 2.59. The SMILES string of the molecule is CCCc1nc(CN(C)CCCC(=O)OC)cs1. The molecule has 1 aromatic heterocycles. The summed E-state index contributed by atoms with van der Waals surface area (Å²) in [5.41, 5.74) is 1.13. The molecule has 0 saturated heterocycles. The van der Waals surface area contributed by atoms with E-state index in [1.807, 2.05) is 0 Å². The molecule has 5 heteroatoms. The molecule has 0 aliphatic carbocycles. The van der Waals surface area contributed by atoms with Crippen molar-refractivity contribution in [2.24, 2.45) is 0 Å². The quantitative estimate of drug-likeness (QED) is 0.681. The number of hydrogen-bond donors (Lipinski definition) is 0. The largest absolute Gasteiger partial charge is 0.469 e. The first-order valence-electron chi connectivity index (χ1n) is 6.34. The number of thiazole rings is 1. The lowest BCUT2D eigenvalue weighted by molar-refractivity contribution is -0.140. The highest BCUT2D eigenvalue weighted by Gasteiger charge is 2.06. The van der Waals surface area contributed by atoms with Crippen molar-refractivity contribution < 1.29 is 9.53 Å². The van der Waals surface area contributed by atoms with Gasteiger partial charge in [-0.15, -0.1) is 11.3 Å². The number of carbonyl (C=O) groups is 1. The fourth-order valence-electron chi connectivity index (χ4n) is 1.70. The highest BCUT2D eigenvalue weighted by Crippen LogP contribution is 2.13. The number of ether oxygens (including phenoxy) is 1. The number of aromatic nitrogens is 1. The number of esters is 1. The number of nitrogens with zero attached hydrogens (tertiary/aromatic N) is 2. The number of hydrogen-bond acceptors (Lipinski definition) is 5. The summed E-state index contributed by atoms with van der Waals surface area (Å²) < 4.78 is 4.61. The van der Waals surface area contributed by atoms with E-state index in [4.69, 9.17) is 0 Å². The van der Waals surface area contributed by atoms with Crippen LogP contribution >= 0.6 is 11.3 Å². The van der Waals surface area contributed by atoms with E-state index in [-0.39, 0.29) is 5.97 Å². The Morgan fingerprint density at radius 3 is 3.00 bits per heavy atom. The first-order valence-corrected chi connectivity index (χ1v) is 7.22. The van der Waals surface area contributed by atoms with Crippen LogP contribution in [0, 0.1) is 0 Å². The molecule has 0 unspecified atom stereocenters. The second-order valence-electron chi connectivity index (χ2n) is 4.40. The Bertz CT molecular complexity index is 366. The van der Waals surface area contributed by atoms with Gasteiger partial charge in [0.05, 0.1) is 17.8 Å². The Morgan fingerprint density at radius 2 is 2.33 bits per heavy atom. The molecule has 0 spiro atoms. The van der Waals surface area contributed by atoms with Gasteiger partial charge in [0, 0.05) is 18.3 Å². The van der Waals surface area contributed by atoms with Gasteiger partial charge in [0.15, 0.2) is 0 Å². The van der Waals surface area contributed by atoms with Gasteiger partial charge in [-0.25, -0.2) is 4.98 Å². The maximum absolute atomic E-state index is 11.0. The summed E-state index contributed by atoms with van der Waals surface area (Å²) >= 11 is 1.74. The normalized spacial score (nSPS) is 10.9. The Labute approximate surface area is 113 Å². The number of rotatable bonds is 8. The summed E-state index contributed by atoms with van der Waals surface area (Å²) in [5, 5.41) is 3.34. The van der Waals surface area contributed by atoms with Crippen LogP contribution in [-0.4, -0.2) is 36.6 Å². The predicted molar refractivity (Wildman–Crippen MR) is 73.7 cm³/mol. The van der Waals surface area contributed by atoms with E-state index in [1.54, 1.807) is 11.3 Å². The lowest BCUT2D eigenvalue weighted by Gasteiger charge is -2.14. The molecule has 102 valence electrons. The highest BCUT2D eigenvalue weighted by molar-refractivity contribution is 7.09. The van der Waals surface area contributed by atoms with E-state index in [0.29, 0.717) is 6.42 Å². The molecular weight excluding hydrogens is 248 g/mol. The third-order valence-electron chi connectivity index (χ3n) is 2.64. The van der Waals surface area contributed by atoms with Crippen LogP contribution < -0.4 is 0 Å². The number of carbonyl (C=O) groups excluding carboxylic acids is 1. The molecule has 0 aliphatic heterocycles. The topological polar surface area (TPSA) is 42.4 Å². The van der Waals surface area contributed by atoms with Crippen molar-refractivity contribution in [3.63, 3.8) is 0 Å². The van der Waals surface area contributed by atoms with Gasteiger partial charge in [-0.1, -0.05) is 6.92 Å². The maximum atomic E-state index is 11.0. The summed E-state index contributed by atoms with van der Waals surface area (Å²) in [5.74, 6) is -0.137. The van der Waals surface area contributed by atoms with E-state index < -0.39 is 0 Å². The van der Waals surface area contributed by atoms with E-state index in [1.165, 1.54) is 12.1 Å². The molecule has 4 nitrogen and oxygen atoms in total. The highest BCUT2D eigenvalue weighted by atomic mass is 32.1. The lowest BCUT2D eigenvalue weighted by Crippen LogP contribution is -2.20. The second-order valence-corrected chi connectivity index (χ2v) is 5.34. The lowest BCUT2D eigenvalue weighted by atomic mass is 10.3. The molecule has 0 fully saturated rings. The van der Waals surface area contributed by atoms with Crippen LogP contribution in [0.25, 0.3) is 0 Å². The molecule has 1 aromatic rings. The van der Waals surface area contributed by atoms with Crippen LogP contribution in [0.5, 0.6) is 0 Å². The van der Waals surface area contributed by atoms with Gasteiger partial charge in [0.1, 0.15) is 0 Å². The van der Waals surface area contributed by atoms with Gasteiger partial charge in [0.2, 0.25) is 0 Å². The summed E-state index contributed by atoms with van der Waals surface area (Å²) in [4.78, 5) is 17.7. The van der Waals surface area contributed by atoms with E-state index in [9.17, 15) is 4.79 Å². The zero-order chi connectivity index (χ0) is 13.4. The first kappa shape index (κ1) is 15.1. The van der Waals surface area contributed by atoms with Crippen molar-refractivity contribution in [2.45, 2.75) is 39.2 Å². The predicted octanol–water partition coefficient (Wildman–Crippen LogP) is 2.48. The van der Waals surface area contributed by atoms with Crippen molar-refractivity contribution in [3.8, 4) is 0 Å². The third kappa shape index (κ3) is 5.60. The summed E-state index contributed by atoms with van der Waals surface area (Å²) in [6.45, 7) is 3.90. The minimum Gasteiger partial charge on any atom is -0.469 e. The van der Waals surface area contributed by atoms with E-state index in [0.717, 1.165) is 38.0 Å². The maximum Gasteiger partial charge on any atom is 0.305 e. The fraction of sp³-hybridized carbons (Fsp3) is 0.692. The molecule has 0 N–H and O–H groups in total. The number of aryl methyl sites for hydroxylation is 1. The first-order chi connectivity index (χ1) is 8.65. The van der Waals surface area contributed by atoms with E-state index >= 15 is 0 Å². The van der Waals surface area contributed by atoms with Gasteiger partial charge in [-0.05, 0) is 32.9 Å². The van der Waals surface area contributed by atoms with Gasteiger partial charge in [-0.3, -0.25) is 4.79 Å². The molecule has 18 heavy (non-hydrogen) atoms. The minimum absolute atomic E-state index is 0.137. The average molecular weight is 270 g/mol. The van der Waals surface area contributed by atoms with Crippen molar-refractivity contribution in [2.75, 3.05) is 20.7 Å². The average Bonchev–Trinajstić information content (AvgIpc) is 2.76. The molecule has 0 bridgehead atoms. The van der Waals surface area contributed by atoms with Crippen molar-refractivity contribution in [1.29, 1.82) is 0 Å². The van der Waals surface area contributed by atoms with Gasteiger partial charge in [-0.2, -0.15) is 0 Å². The zero-order valence-electron chi connectivity index (χ0n) is 11.4. The molecule has 0 saturated carbocycles. The van der Waals surface area contributed by atoms with Crippen LogP contribution in [0.15, 0.2) is 5.38 Å². The molecule has 0 aromatic carbocycles. The monoisotopic (exact) mass is 270 g/mol. The second kappa shape index (κ2) is 8.21. The Hall–Kier alpha value is -0.940.